The zero-order valence-electron chi connectivity index (χ0n) is 14.5. The Labute approximate surface area is 153 Å². The summed E-state index contributed by atoms with van der Waals surface area (Å²) in [6.07, 6.45) is 0. The number of pyridine rings is 1. The molecule has 8 heteroatoms. The Bertz CT molecular complexity index is 1170. The molecule has 2 heterocycles. The zero-order chi connectivity index (χ0) is 19.0. The number of benzene rings is 2. The van der Waals surface area contributed by atoms with E-state index in [2.05, 4.69) is 15.1 Å². The average molecular weight is 362 g/mol. The molecule has 0 radical (unpaired) electrons. The minimum Gasteiger partial charge on any atom is -0.480 e. The van der Waals surface area contributed by atoms with Crippen LogP contribution in [0.4, 0.5) is 5.69 Å². The van der Waals surface area contributed by atoms with Gasteiger partial charge in [0.05, 0.1) is 23.1 Å². The van der Waals surface area contributed by atoms with Crippen molar-refractivity contribution in [2.45, 2.75) is 6.92 Å². The molecule has 0 fully saturated rings. The molecule has 0 atom stereocenters. The summed E-state index contributed by atoms with van der Waals surface area (Å²) < 4.78 is 10.7. The molecule has 0 bridgehead atoms. The van der Waals surface area contributed by atoms with Crippen molar-refractivity contribution in [1.82, 2.24) is 15.1 Å². The highest BCUT2D eigenvalue weighted by molar-refractivity contribution is 5.85. The first-order valence-corrected chi connectivity index (χ1v) is 8.09. The van der Waals surface area contributed by atoms with Crippen LogP contribution >= 0.6 is 0 Å². The number of nitrogens with zero attached hydrogens (tertiary/aromatic N) is 4. The molecule has 0 aliphatic carbocycles. The Morgan fingerprint density at radius 3 is 2.74 bits per heavy atom. The van der Waals surface area contributed by atoms with Crippen molar-refractivity contribution in [2.24, 2.45) is 0 Å². The van der Waals surface area contributed by atoms with Crippen LogP contribution in [0.3, 0.4) is 0 Å². The predicted molar refractivity (Wildman–Crippen MR) is 98.4 cm³/mol. The van der Waals surface area contributed by atoms with Gasteiger partial charge in [0, 0.05) is 23.1 Å². The first-order valence-electron chi connectivity index (χ1n) is 8.09. The van der Waals surface area contributed by atoms with Crippen molar-refractivity contribution in [1.29, 1.82) is 0 Å². The predicted octanol–water partition coefficient (Wildman–Crippen LogP) is 4.18. The summed E-state index contributed by atoms with van der Waals surface area (Å²) in [5.74, 6) is 0.849. The second-order valence-electron chi connectivity index (χ2n) is 5.97. The van der Waals surface area contributed by atoms with Crippen molar-refractivity contribution in [3.63, 3.8) is 0 Å². The smallest absolute Gasteiger partial charge is 0.270 e. The molecule has 0 N–H and O–H groups in total. The van der Waals surface area contributed by atoms with Gasteiger partial charge in [0.15, 0.2) is 0 Å². The lowest BCUT2D eigenvalue weighted by atomic mass is 10.1. The van der Waals surface area contributed by atoms with Gasteiger partial charge in [-0.15, -0.1) is 0 Å². The van der Waals surface area contributed by atoms with Crippen LogP contribution in [0.15, 0.2) is 53.1 Å². The Morgan fingerprint density at radius 1 is 1.11 bits per heavy atom. The van der Waals surface area contributed by atoms with Crippen LogP contribution in [-0.2, 0) is 0 Å². The maximum Gasteiger partial charge on any atom is 0.270 e. The molecule has 0 saturated carbocycles. The molecule has 4 aromatic rings. The van der Waals surface area contributed by atoms with E-state index < -0.39 is 4.92 Å². The molecule has 0 amide bonds. The Morgan fingerprint density at radius 2 is 1.96 bits per heavy atom. The fraction of sp³-hybridized carbons (Fsp3) is 0.105. The topological polar surface area (TPSA) is 104 Å². The van der Waals surface area contributed by atoms with Crippen molar-refractivity contribution < 1.29 is 14.2 Å². The summed E-state index contributed by atoms with van der Waals surface area (Å²) in [7, 11) is 1.52. The molecular formula is C19H14N4O4. The van der Waals surface area contributed by atoms with Crippen molar-refractivity contribution in [3.05, 3.63) is 64.2 Å². The van der Waals surface area contributed by atoms with Gasteiger partial charge >= 0.3 is 0 Å². The fourth-order valence-electron chi connectivity index (χ4n) is 2.80. The van der Waals surface area contributed by atoms with E-state index in [9.17, 15) is 10.1 Å². The van der Waals surface area contributed by atoms with Gasteiger partial charge in [0.1, 0.15) is 0 Å². The van der Waals surface area contributed by atoms with Crippen LogP contribution in [0.25, 0.3) is 33.7 Å². The lowest BCUT2D eigenvalue weighted by Crippen LogP contribution is -1.94. The molecule has 2 aromatic heterocycles. The minimum absolute atomic E-state index is 0.0484. The first kappa shape index (κ1) is 16.6. The third-order valence-electron chi connectivity index (χ3n) is 4.10. The third kappa shape index (κ3) is 3.08. The zero-order valence-corrected chi connectivity index (χ0v) is 14.5. The number of non-ortho nitro benzene ring substituents is 1. The Hall–Kier alpha value is -3.81. The highest BCUT2D eigenvalue weighted by Crippen LogP contribution is 2.32. The van der Waals surface area contributed by atoms with Crippen LogP contribution in [0.5, 0.6) is 5.88 Å². The van der Waals surface area contributed by atoms with Gasteiger partial charge in [-0.3, -0.25) is 10.1 Å². The molecule has 0 unspecified atom stereocenters. The quantitative estimate of drug-likeness (QED) is 0.396. The molecule has 2 aromatic carbocycles. The number of aryl methyl sites for hydroxylation is 1. The third-order valence-corrected chi connectivity index (χ3v) is 4.10. The highest BCUT2D eigenvalue weighted by atomic mass is 16.6. The summed E-state index contributed by atoms with van der Waals surface area (Å²) in [5.41, 5.74) is 2.89. The molecule has 0 spiro atoms. The summed E-state index contributed by atoms with van der Waals surface area (Å²) in [5, 5.41) is 15.9. The number of ether oxygens (including phenoxy) is 1. The molecule has 0 saturated heterocycles. The SMILES string of the molecule is COc1nc2ccc(C)cc2cc1-c1noc(-c2cccc([N+](=O)[O-])c2)n1. The number of aromatic nitrogens is 3. The fourth-order valence-corrected chi connectivity index (χ4v) is 2.80. The standard InChI is InChI=1S/C19H14N4O4/c1-11-6-7-16-13(8-11)10-15(19(20-16)26-2)17-21-18(27-22-17)12-4-3-5-14(9-12)23(24)25/h3-10H,1-2H3. The van der Waals surface area contributed by atoms with E-state index in [4.69, 9.17) is 9.26 Å². The van der Waals surface area contributed by atoms with Crippen molar-refractivity contribution in [3.8, 4) is 28.7 Å². The summed E-state index contributed by atoms with van der Waals surface area (Å²) >= 11 is 0. The van der Waals surface area contributed by atoms with E-state index in [1.807, 2.05) is 31.2 Å². The van der Waals surface area contributed by atoms with E-state index in [0.29, 0.717) is 22.8 Å². The molecule has 134 valence electrons. The monoisotopic (exact) mass is 362 g/mol. The van der Waals surface area contributed by atoms with Gasteiger partial charge in [0.2, 0.25) is 11.7 Å². The van der Waals surface area contributed by atoms with Gasteiger partial charge in [-0.2, -0.15) is 4.98 Å². The first-order chi connectivity index (χ1) is 13.0. The average Bonchev–Trinajstić information content (AvgIpc) is 3.17. The van der Waals surface area contributed by atoms with Gasteiger partial charge < -0.3 is 9.26 Å². The lowest BCUT2D eigenvalue weighted by molar-refractivity contribution is -0.384. The van der Waals surface area contributed by atoms with Crippen LogP contribution in [0.1, 0.15) is 5.56 Å². The van der Waals surface area contributed by atoms with Crippen LogP contribution in [0.2, 0.25) is 0 Å². The minimum atomic E-state index is -0.473. The van der Waals surface area contributed by atoms with Crippen LogP contribution in [-0.4, -0.2) is 27.2 Å². The normalized spacial score (nSPS) is 10.9. The summed E-state index contributed by atoms with van der Waals surface area (Å²) in [6.45, 7) is 2.00. The van der Waals surface area contributed by atoms with Crippen molar-refractivity contribution in [2.75, 3.05) is 7.11 Å². The molecule has 27 heavy (non-hydrogen) atoms. The molecule has 4 rings (SSSR count). The highest BCUT2D eigenvalue weighted by Gasteiger charge is 2.18. The van der Waals surface area contributed by atoms with E-state index in [1.165, 1.54) is 19.2 Å². The number of methoxy groups -OCH3 is 1. The maximum absolute atomic E-state index is 11.0. The van der Waals surface area contributed by atoms with Gasteiger partial charge in [-0.25, -0.2) is 4.98 Å². The largest absolute Gasteiger partial charge is 0.480 e. The number of fused-ring (bicyclic) bond motifs is 1. The van der Waals surface area contributed by atoms with Gasteiger partial charge in [-0.05, 0) is 31.2 Å². The number of hydrogen-bond acceptors (Lipinski definition) is 7. The number of nitro benzene ring substituents is 1. The number of hydrogen-bond donors (Lipinski definition) is 0. The van der Waals surface area contributed by atoms with Crippen molar-refractivity contribution >= 4 is 16.6 Å². The number of rotatable bonds is 4. The van der Waals surface area contributed by atoms with E-state index in [-0.39, 0.29) is 11.6 Å². The Kier molecular flexibility index (Phi) is 4.00. The van der Waals surface area contributed by atoms with E-state index in [0.717, 1.165) is 16.5 Å². The van der Waals surface area contributed by atoms with Crippen LogP contribution in [0, 0.1) is 17.0 Å². The van der Waals surface area contributed by atoms with Gasteiger partial charge in [-0.1, -0.05) is 22.9 Å². The second-order valence-corrected chi connectivity index (χ2v) is 5.97. The molecular weight excluding hydrogens is 348 g/mol. The molecule has 8 nitrogen and oxygen atoms in total. The van der Waals surface area contributed by atoms with Gasteiger partial charge in [0.25, 0.3) is 11.6 Å². The van der Waals surface area contributed by atoms with E-state index in [1.54, 1.807) is 12.1 Å². The van der Waals surface area contributed by atoms with E-state index >= 15 is 0 Å². The summed E-state index contributed by atoms with van der Waals surface area (Å²) in [6, 6.07) is 13.8. The molecule has 0 aliphatic heterocycles. The summed E-state index contributed by atoms with van der Waals surface area (Å²) in [4.78, 5) is 19.4. The second kappa shape index (κ2) is 6.49. The number of nitro groups is 1. The maximum atomic E-state index is 11.0. The Balaban J connectivity index is 1.81. The lowest BCUT2D eigenvalue weighted by Gasteiger charge is -2.07. The van der Waals surface area contributed by atoms with Crippen LogP contribution < -0.4 is 4.74 Å². The molecule has 0 aliphatic rings.